The van der Waals surface area contributed by atoms with Gasteiger partial charge in [0.25, 0.3) is 0 Å². The molecular formula is C6H9N3. The Balaban J connectivity index is 2.82. The fourth-order valence-corrected chi connectivity index (χ4v) is 0.539. The minimum atomic E-state index is -1.01. The molecule has 0 unspecified atom stereocenters. The molecular weight excluding hydrogens is 114 g/mol. The minimum Gasteiger partial charge on any atom is -0.291 e. The monoisotopic (exact) mass is 123 g/mol. The second-order valence-electron chi connectivity index (χ2n) is 1.91. The van der Waals surface area contributed by atoms with E-state index < -0.39 is 5.79 Å². The van der Waals surface area contributed by atoms with Gasteiger partial charge in [0.2, 0.25) is 0 Å². The lowest BCUT2D eigenvalue weighted by Crippen LogP contribution is -2.45. The number of hydrogen-bond donors (Lipinski definition) is 2. The van der Waals surface area contributed by atoms with E-state index in [-0.39, 0.29) is 0 Å². The van der Waals surface area contributed by atoms with Crippen molar-refractivity contribution in [3.8, 4) is 0 Å². The normalized spacial score (nSPS) is 22.0. The predicted octanol–water partition coefficient (Wildman–Crippen LogP) is -0.246. The van der Waals surface area contributed by atoms with Crippen molar-refractivity contribution in [1.82, 2.24) is 0 Å². The highest BCUT2D eigenvalue weighted by Crippen LogP contribution is 1.97. The molecule has 1 rings (SSSR count). The zero-order valence-electron chi connectivity index (χ0n) is 4.99. The molecule has 0 aromatic carbocycles. The zero-order valence-corrected chi connectivity index (χ0v) is 4.99. The van der Waals surface area contributed by atoms with E-state index in [4.69, 9.17) is 11.5 Å². The fourth-order valence-electron chi connectivity index (χ4n) is 0.539. The van der Waals surface area contributed by atoms with E-state index in [1.165, 1.54) is 0 Å². The summed E-state index contributed by atoms with van der Waals surface area (Å²) in [5.41, 5.74) is 10.9. The first-order chi connectivity index (χ1) is 4.21. The van der Waals surface area contributed by atoms with Crippen molar-refractivity contribution in [2.24, 2.45) is 16.5 Å². The molecule has 3 heteroatoms. The first kappa shape index (κ1) is 6.19. The van der Waals surface area contributed by atoms with Gasteiger partial charge in [-0.3, -0.25) is 16.5 Å². The van der Waals surface area contributed by atoms with Gasteiger partial charge in [0.05, 0.1) is 0 Å². The molecule has 1 aliphatic rings. The van der Waals surface area contributed by atoms with Gasteiger partial charge in [0.15, 0.2) is 5.79 Å². The van der Waals surface area contributed by atoms with E-state index in [1.807, 2.05) is 6.08 Å². The highest BCUT2D eigenvalue weighted by molar-refractivity contribution is 5.72. The predicted molar refractivity (Wildman–Crippen MR) is 37.9 cm³/mol. The van der Waals surface area contributed by atoms with Gasteiger partial charge >= 0.3 is 0 Å². The van der Waals surface area contributed by atoms with Crippen LogP contribution >= 0.6 is 0 Å². The number of nitrogens with two attached hydrogens (primary N) is 2. The maximum atomic E-state index is 5.43. The molecule has 0 saturated carbocycles. The average molecular weight is 123 g/mol. The van der Waals surface area contributed by atoms with Crippen LogP contribution < -0.4 is 11.5 Å². The molecule has 1 heterocycles. The number of allylic oxidation sites excluding steroid dienone is 3. The molecule has 4 N–H and O–H groups in total. The van der Waals surface area contributed by atoms with Gasteiger partial charge in [-0.1, -0.05) is 12.2 Å². The number of aliphatic imine (C=N–C) groups is 1. The van der Waals surface area contributed by atoms with Crippen LogP contribution in [0.15, 0.2) is 29.3 Å². The molecule has 0 fully saturated rings. The summed E-state index contributed by atoms with van der Waals surface area (Å²) in [6, 6.07) is 0. The van der Waals surface area contributed by atoms with Crippen LogP contribution in [0.4, 0.5) is 0 Å². The van der Waals surface area contributed by atoms with Gasteiger partial charge in [-0.15, -0.1) is 0 Å². The first-order valence-electron chi connectivity index (χ1n) is 2.68. The summed E-state index contributed by atoms with van der Waals surface area (Å²) in [7, 11) is 0. The second kappa shape index (κ2) is 2.13. The van der Waals surface area contributed by atoms with Crippen molar-refractivity contribution in [2.75, 3.05) is 0 Å². The van der Waals surface area contributed by atoms with Crippen molar-refractivity contribution >= 4 is 6.21 Å². The number of nitrogens with zero attached hydrogens (tertiary/aromatic N) is 1. The van der Waals surface area contributed by atoms with Gasteiger partial charge in [-0.25, -0.2) is 0 Å². The van der Waals surface area contributed by atoms with Gasteiger partial charge in [0.1, 0.15) is 0 Å². The summed E-state index contributed by atoms with van der Waals surface area (Å²) in [5.74, 6) is -1.01. The summed E-state index contributed by atoms with van der Waals surface area (Å²) in [6.07, 6.45) is 8.59. The second-order valence-corrected chi connectivity index (χ2v) is 1.91. The van der Waals surface area contributed by atoms with Crippen LogP contribution in [0.1, 0.15) is 0 Å². The highest BCUT2D eigenvalue weighted by atomic mass is 15.1. The molecule has 0 amide bonds. The highest BCUT2D eigenvalue weighted by Gasteiger charge is 2.09. The Labute approximate surface area is 53.8 Å². The van der Waals surface area contributed by atoms with Crippen LogP contribution in [0.5, 0.6) is 0 Å². The van der Waals surface area contributed by atoms with E-state index in [1.54, 1.807) is 24.4 Å². The summed E-state index contributed by atoms with van der Waals surface area (Å²) < 4.78 is 0. The van der Waals surface area contributed by atoms with Crippen molar-refractivity contribution < 1.29 is 0 Å². The van der Waals surface area contributed by atoms with Crippen LogP contribution in [-0.4, -0.2) is 12.0 Å². The maximum absolute atomic E-state index is 5.43. The van der Waals surface area contributed by atoms with Crippen molar-refractivity contribution in [3.05, 3.63) is 24.3 Å². The lowest BCUT2D eigenvalue weighted by molar-refractivity contribution is 0.590. The third-order valence-electron chi connectivity index (χ3n) is 0.970. The molecule has 0 spiro atoms. The van der Waals surface area contributed by atoms with Crippen LogP contribution in [0.2, 0.25) is 0 Å². The molecule has 9 heavy (non-hydrogen) atoms. The fraction of sp³-hybridized carbons (Fsp3) is 0.167. The third kappa shape index (κ3) is 1.79. The van der Waals surface area contributed by atoms with Gasteiger partial charge < -0.3 is 0 Å². The van der Waals surface area contributed by atoms with Crippen LogP contribution in [-0.2, 0) is 0 Å². The zero-order chi connectivity index (χ0) is 6.74. The van der Waals surface area contributed by atoms with Crippen LogP contribution in [0.3, 0.4) is 0 Å². The molecule has 0 atom stereocenters. The van der Waals surface area contributed by atoms with Gasteiger partial charge in [0, 0.05) is 6.21 Å². The molecule has 0 aromatic heterocycles. The van der Waals surface area contributed by atoms with Gasteiger partial charge in [-0.05, 0) is 12.2 Å². The Kier molecular flexibility index (Phi) is 1.46. The van der Waals surface area contributed by atoms with Crippen molar-refractivity contribution in [2.45, 2.75) is 5.79 Å². The number of rotatable bonds is 0. The Hall–Kier alpha value is -0.930. The van der Waals surface area contributed by atoms with E-state index >= 15 is 0 Å². The third-order valence-corrected chi connectivity index (χ3v) is 0.970. The van der Waals surface area contributed by atoms with Crippen molar-refractivity contribution in [3.63, 3.8) is 0 Å². The molecule has 3 nitrogen and oxygen atoms in total. The largest absolute Gasteiger partial charge is 0.291 e. The molecule has 0 saturated heterocycles. The quantitative estimate of drug-likeness (QED) is 0.436. The Morgan fingerprint density at radius 2 is 1.89 bits per heavy atom. The summed E-state index contributed by atoms with van der Waals surface area (Å²) >= 11 is 0. The Morgan fingerprint density at radius 1 is 1.11 bits per heavy atom. The SMILES string of the molecule is NC1(N)C=CC=CC=N1. The molecule has 0 radical (unpaired) electrons. The topological polar surface area (TPSA) is 64.4 Å². The average Bonchev–Trinajstić information content (AvgIpc) is 1.92. The smallest absolute Gasteiger partial charge is 0.179 e. The Morgan fingerprint density at radius 3 is 2.67 bits per heavy atom. The lowest BCUT2D eigenvalue weighted by Gasteiger charge is -2.11. The molecule has 48 valence electrons. The summed E-state index contributed by atoms with van der Waals surface area (Å²) in [5, 5.41) is 0. The van der Waals surface area contributed by atoms with Crippen LogP contribution in [0.25, 0.3) is 0 Å². The van der Waals surface area contributed by atoms with E-state index in [9.17, 15) is 0 Å². The Bertz CT molecular complexity index is 159. The molecule has 0 aliphatic carbocycles. The van der Waals surface area contributed by atoms with Crippen molar-refractivity contribution in [1.29, 1.82) is 0 Å². The summed E-state index contributed by atoms with van der Waals surface area (Å²) in [6.45, 7) is 0. The standard InChI is InChI=1S/C6H9N3/c7-6(8)4-2-1-3-5-9-6/h1-5H,7-8H2. The molecule has 0 aromatic rings. The van der Waals surface area contributed by atoms with Gasteiger partial charge in [-0.2, -0.15) is 0 Å². The lowest BCUT2D eigenvalue weighted by atomic mass is 10.3. The first-order valence-corrected chi connectivity index (χ1v) is 2.68. The van der Waals surface area contributed by atoms with E-state index in [2.05, 4.69) is 4.99 Å². The number of hydrogen-bond acceptors (Lipinski definition) is 3. The molecule has 1 aliphatic heterocycles. The molecule has 0 bridgehead atoms. The minimum absolute atomic E-state index is 1.01. The van der Waals surface area contributed by atoms with E-state index in [0.29, 0.717) is 0 Å². The van der Waals surface area contributed by atoms with E-state index in [0.717, 1.165) is 0 Å². The van der Waals surface area contributed by atoms with Crippen LogP contribution in [0, 0.1) is 0 Å². The summed E-state index contributed by atoms with van der Waals surface area (Å²) in [4.78, 5) is 3.81. The maximum Gasteiger partial charge on any atom is 0.179 e.